The smallest absolute Gasteiger partial charge is 0.762 e. The summed E-state index contributed by atoms with van der Waals surface area (Å²) in [5, 5.41) is 3.84. The average molecular weight is 311 g/mol. The quantitative estimate of drug-likeness (QED) is 0.433. The van der Waals surface area contributed by atoms with Gasteiger partial charge >= 0.3 is 57.4 Å². The first-order valence-electron chi connectivity index (χ1n) is 4.43. The van der Waals surface area contributed by atoms with Crippen LogP contribution in [0.15, 0.2) is 24.3 Å². The second-order valence-electron chi connectivity index (χ2n) is 3.07. The number of carbonyl (C=O) groups excluding carboxylic acids is 1. The second kappa shape index (κ2) is 6.55. The Morgan fingerprint density at radius 1 is 1.44 bits per heavy atom. The molecular weight excluding hydrogens is 304 g/mol. The van der Waals surface area contributed by atoms with Gasteiger partial charge in [-0.3, -0.25) is 15.0 Å². The van der Waals surface area contributed by atoms with Crippen LogP contribution < -0.4 is 66.7 Å². The van der Waals surface area contributed by atoms with Gasteiger partial charge in [0.05, 0.1) is 10.2 Å². The Bertz CT molecular complexity index is 580. The maximum Gasteiger partial charge on any atom is 1.00 e. The third kappa shape index (κ3) is 4.69. The van der Waals surface area contributed by atoms with Crippen LogP contribution in [0.3, 0.4) is 0 Å². The fraction of sp³-hybridized carbons (Fsp3) is 0. The van der Waals surface area contributed by atoms with Crippen LogP contribution in [0.1, 0.15) is 0 Å². The molecular formula is C8H7KN3O4PS. The van der Waals surface area contributed by atoms with Crippen LogP contribution in [0.4, 0.5) is 9.93 Å². The van der Waals surface area contributed by atoms with Crippen molar-refractivity contribution in [1.82, 2.24) is 10.1 Å². The van der Waals surface area contributed by atoms with E-state index in [0.717, 1.165) is 4.70 Å². The van der Waals surface area contributed by atoms with Crippen molar-refractivity contribution in [2.45, 2.75) is 0 Å². The number of nitrogens with zero attached hydrogens (tertiary/aromatic N) is 1. The van der Waals surface area contributed by atoms with Gasteiger partial charge in [-0.1, -0.05) is 23.5 Å². The summed E-state index contributed by atoms with van der Waals surface area (Å²) in [4.78, 5) is 34.0. The zero-order valence-corrected chi connectivity index (χ0v) is 14.1. The number of nitrogens with one attached hydrogen (secondary N) is 2. The molecule has 18 heavy (non-hydrogen) atoms. The number of hydrogen-bond acceptors (Lipinski definition) is 5. The van der Waals surface area contributed by atoms with Gasteiger partial charge in [0.15, 0.2) is 5.13 Å². The molecule has 1 heterocycles. The van der Waals surface area contributed by atoms with Gasteiger partial charge in [0.2, 0.25) is 7.75 Å². The fourth-order valence-corrected chi connectivity index (χ4v) is 2.35. The number of aromatic nitrogens is 1. The number of benzene rings is 1. The Kier molecular flexibility index (Phi) is 5.91. The summed E-state index contributed by atoms with van der Waals surface area (Å²) in [5.41, 5.74) is 0.696. The van der Waals surface area contributed by atoms with Crippen LogP contribution >= 0.6 is 19.1 Å². The van der Waals surface area contributed by atoms with Crippen molar-refractivity contribution in [1.29, 1.82) is 0 Å². The Hall–Kier alpha value is 0.166. The van der Waals surface area contributed by atoms with E-state index in [9.17, 15) is 14.3 Å². The number of thiazole rings is 1. The van der Waals surface area contributed by atoms with E-state index >= 15 is 0 Å². The molecule has 0 aliphatic carbocycles. The molecule has 2 rings (SSSR count). The molecule has 1 aromatic carbocycles. The first kappa shape index (κ1) is 16.2. The Morgan fingerprint density at radius 2 is 2.11 bits per heavy atom. The minimum Gasteiger partial charge on any atom is -0.762 e. The summed E-state index contributed by atoms with van der Waals surface area (Å²) < 4.78 is 11.3. The Morgan fingerprint density at radius 3 is 2.72 bits per heavy atom. The SMILES string of the molecule is O=C(Nc1nc2ccccc2s1)NP(=O)([O-])O.[K+]. The summed E-state index contributed by atoms with van der Waals surface area (Å²) in [6.07, 6.45) is 0. The maximum absolute atomic E-state index is 11.1. The average Bonchev–Trinajstić information content (AvgIpc) is 2.55. The van der Waals surface area contributed by atoms with Gasteiger partial charge in [-0.2, -0.15) is 0 Å². The van der Waals surface area contributed by atoms with Gasteiger partial charge in [-0.15, -0.1) is 0 Å². The molecule has 0 saturated heterocycles. The summed E-state index contributed by atoms with van der Waals surface area (Å²) in [7, 11) is -4.83. The Balaban J connectivity index is 0.00000162. The number of carbonyl (C=O) groups is 1. The van der Waals surface area contributed by atoms with E-state index in [1.54, 1.807) is 12.1 Å². The predicted octanol–water partition coefficient (Wildman–Crippen LogP) is -2.12. The van der Waals surface area contributed by atoms with Gasteiger partial charge in [-0.25, -0.2) is 9.78 Å². The van der Waals surface area contributed by atoms with Crippen molar-refractivity contribution in [3.05, 3.63) is 24.3 Å². The molecule has 0 radical (unpaired) electrons. The molecule has 2 aromatic rings. The maximum atomic E-state index is 11.1. The van der Waals surface area contributed by atoms with E-state index in [4.69, 9.17) is 4.89 Å². The molecule has 0 saturated carbocycles. The Labute approximate surface area is 149 Å². The number of hydrogen-bond donors (Lipinski definition) is 3. The molecule has 0 aliphatic heterocycles. The van der Waals surface area contributed by atoms with Crippen LogP contribution in [0, 0.1) is 0 Å². The predicted molar refractivity (Wildman–Crippen MR) is 61.6 cm³/mol. The van der Waals surface area contributed by atoms with Gasteiger partial charge in [-0.05, 0) is 12.1 Å². The van der Waals surface area contributed by atoms with Crippen LogP contribution in [-0.4, -0.2) is 15.9 Å². The standard InChI is InChI=1S/C8H8N3O4PS.K/c12-7(11-16(13,14)15)10-8-9-5-3-1-2-4-6(5)17-8;/h1-4H,(H4,9,10,11,12,13,14,15);/q;+1/p-1. The van der Waals surface area contributed by atoms with Gasteiger partial charge < -0.3 is 9.79 Å². The summed E-state index contributed by atoms with van der Waals surface area (Å²) in [6.45, 7) is 0. The first-order valence-corrected chi connectivity index (χ1v) is 6.82. The van der Waals surface area contributed by atoms with Crippen LogP contribution in [0.25, 0.3) is 10.2 Å². The molecule has 3 N–H and O–H groups in total. The van der Waals surface area contributed by atoms with Crippen molar-refractivity contribution >= 4 is 40.5 Å². The summed E-state index contributed by atoms with van der Waals surface area (Å²) >= 11 is 1.20. The molecule has 7 nitrogen and oxygen atoms in total. The van der Waals surface area contributed by atoms with Crippen molar-refractivity contribution in [2.24, 2.45) is 0 Å². The number of anilines is 1. The van der Waals surface area contributed by atoms with Gasteiger partial charge in [0.25, 0.3) is 0 Å². The number of amides is 2. The molecule has 0 bridgehead atoms. The number of para-hydroxylation sites is 1. The first-order chi connectivity index (χ1) is 7.94. The van der Waals surface area contributed by atoms with Crippen LogP contribution in [0.2, 0.25) is 0 Å². The van der Waals surface area contributed by atoms with Crippen LogP contribution in [-0.2, 0) is 4.57 Å². The van der Waals surface area contributed by atoms with Crippen molar-refractivity contribution in [3.8, 4) is 0 Å². The third-order valence-corrected chi connectivity index (χ3v) is 3.19. The largest absolute Gasteiger partial charge is 1.00 e. The van der Waals surface area contributed by atoms with Crippen molar-refractivity contribution in [3.63, 3.8) is 0 Å². The molecule has 0 fully saturated rings. The molecule has 0 aliphatic rings. The number of fused-ring (bicyclic) bond motifs is 1. The van der Waals surface area contributed by atoms with Crippen molar-refractivity contribution in [2.75, 3.05) is 5.32 Å². The van der Waals surface area contributed by atoms with E-state index in [0.29, 0.717) is 5.52 Å². The molecule has 2 amide bonds. The van der Waals surface area contributed by atoms with Crippen molar-refractivity contribution < 1.29 is 70.5 Å². The van der Waals surface area contributed by atoms with E-state index in [-0.39, 0.29) is 56.5 Å². The minimum atomic E-state index is -4.83. The molecule has 10 heteroatoms. The number of urea groups is 1. The van der Waals surface area contributed by atoms with E-state index in [1.165, 1.54) is 16.4 Å². The zero-order chi connectivity index (χ0) is 12.5. The molecule has 0 spiro atoms. The molecule has 90 valence electrons. The van der Waals surface area contributed by atoms with E-state index < -0.39 is 13.8 Å². The summed E-state index contributed by atoms with van der Waals surface area (Å²) in [6, 6.07) is 6.15. The summed E-state index contributed by atoms with van der Waals surface area (Å²) in [5.74, 6) is 0. The molecule has 1 aromatic heterocycles. The minimum absolute atomic E-state index is 0. The third-order valence-electron chi connectivity index (χ3n) is 1.76. The van der Waals surface area contributed by atoms with Crippen LogP contribution in [0.5, 0.6) is 0 Å². The van der Waals surface area contributed by atoms with E-state index in [1.807, 2.05) is 12.1 Å². The van der Waals surface area contributed by atoms with Gasteiger partial charge in [0, 0.05) is 0 Å². The van der Waals surface area contributed by atoms with E-state index in [2.05, 4.69) is 10.3 Å². The normalized spacial score (nSPS) is 13.4. The van der Waals surface area contributed by atoms with Gasteiger partial charge in [0.1, 0.15) is 0 Å². The zero-order valence-electron chi connectivity index (χ0n) is 9.28. The fourth-order valence-electron chi connectivity index (χ4n) is 1.18. The second-order valence-corrected chi connectivity index (χ2v) is 5.37. The monoisotopic (exact) mass is 311 g/mol. The molecule has 1 atom stereocenters. The number of rotatable bonds is 2. The molecule has 1 unspecified atom stereocenters. The topological polar surface area (TPSA) is 114 Å².